The zero-order chi connectivity index (χ0) is 14.5. The van der Waals surface area contributed by atoms with E-state index < -0.39 is 12.0 Å². The molecule has 1 saturated heterocycles. The summed E-state index contributed by atoms with van der Waals surface area (Å²) in [5.41, 5.74) is 1.03. The first-order valence-electron chi connectivity index (χ1n) is 6.41. The van der Waals surface area contributed by atoms with Gasteiger partial charge >= 0.3 is 5.97 Å². The van der Waals surface area contributed by atoms with Crippen molar-refractivity contribution in [2.24, 2.45) is 0 Å². The molecule has 0 aliphatic carbocycles. The number of rotatable bonds is 5. The van der Waals surface area contributed by atoms with Gasteiger partial charge in [-0.1, -0.05) is 6.07 Å². The predicted octanol–water partition coefficient (Wildman–Crippen LogP) is 1.71. The van der Waals surface area contributed by atoms with Gasteiger partial charge in [0.15, 0.2) is 11.5 Å². The van der Waals surface area contributed by atoms with Crippen LogP contribution in [0, 0.1) is 0 Å². The van der Waals surface area contributed by atoms with Crippen molar-refractivity contribution in [2.45, 2.75) is 12.6 Å². The minimum Gasteiger partial charge on any atom is -0.493 e. The smallest absolute Gasteiger partial charge is 0.321 e. The third-order valence-corrected chi connectivity index (χ3v) is 4.38. The maximum absolute atomic E-state index is 11.3. The van der Waals surface area contributed by atoms with Crippen molar-refractivity contribution in [1.82, 2.24) is 4.90 Å². The summed E-state index contributed by atoms with van der Waals surface area (Å²) in [4.78, 5) is 13.3. The molecule has 1 aliphatic rings. The van der Waals surface area contributed by atoms with Crippen molar-refractivity contribution in [3.05, 3.63) is 23.8 Å². The predicted molar refractivity (Wildman–Crippen MR) is 78.7 cm³/mol. The van der Waals surface area contributed by atoms with Gasteiger partial charge in [0, 0.05) is 24.6 Å². The third-order valence-electron chi connectivity index (χ3n) is 3.36. The van der Waals surface area contributed by atoms with Gasteiger partial charge in [-0.25, -0.2) is 0 Å². The van der Waals surface area contributed by atoms with Crippen LogP contribution < -0.4 is 9.47 Å². The fourth-order valence-corrected chi connectivity index (χ4v) is 3.38. The first-order valence-corrected chi connectivity index (χ1v) is 7.56. The van der Waals surface area contributed by atoms with E-state index >= 15 is 0 Å². The van der Waals surface area contributed by atoms with Gasteiger partial charge in [-0.05, 0) is 17.7 Å². The van der Waals surface area contributed by atoms with Crippen LogP contribution in [-0.4, -0.2) is 54.3 Å². The fraction of sp³-hybridized carbons (Fsp3) is 0.500. The molecule has 0 aromatic heterocycles. The third kappa shape index (κ3) is 3.37. The first kappa shape index (κ1) is 15.0. The second kappa shape index (κ2) is 6.85. The maximum atomic E-state index is 11.3. The van der Waals surface area contributed by atoms with Crippen molar-refractivity contribution in [3.63, 3.8) is 0 Å². The van der Waals surface area contributed by atoms with Gasteiger partial charge in [-0.3, -0.25) is 9.69 Å². The molecule has 1 heterocycles. The molecular weight excluding hydrogens is 278 g/mol. The average molecular weight is 297 g/mol. The van der Waals surface area contributed by atoms with E-state index in [1.54, 1.807) is 26.0 Å². The minimum absolute atomic E-state index is 0.415. The Kier molecular flexibility index (Phi) is 5.14. The largest absolute Gasteiger partial charge is 0.493 e. The van der Waals surface area contributed by atoms with E-state index in [1.165, 1.54) is 0 Å². The van der Waals surface area contributed by atoms with Gasteiger partial charge in [0.25, 0.3) is 0 Å². The lowest BCUT2D eigenvalue weighted by atomic mass is 10.1. The van der Waals surface area contributed by atoms with Crippen molar-refractivity contribution < 1.29 is 19.4 Å². The second-order valence-electron chi connectivity index (χ2n) is 4.59. The molecule has 1 N–H and O–H groups in total. The van der Waals surface area contributed by atoms with E-state index in [0.29, 0.717) is 23.8 Å². The Hall–Kier alpha value is -1.40. The maximum Gasteiger partial charge on any atom is 0.321 e. The highest BCUT2D eigenvalue weighted by atomic mass is 32.2. The molecule has 0 spiro atoms. The van der Waals surface area contributed by atoms with E-state index in [1.807, 2.05) is 23.1 Å². The number of thioether (sulfide) groups is 1. The molecule has 1 aromatic rings. The lowest BCUT2D eigenvalue weighted by molar-refractivity contribution is -0.142. The van der Waals surface area contributed by atoms with E-state index in [2.05, 4.69) is 0 Å². The quantitative estimate of drug-likeness (QED) is 0.893. The van der Waals surface area contributed by atoms with Crippen LogP contribution in [0.3, 0.4) is 0 Å². The van der Waals surface area contributed by atoms with Crippen LogP contribution in [0.25, 0.3) is 0 Å². The number of hydrogen-bond acceptors (Lipinski definition) is 5. The zero-order valence-corrected chi connectivity index (χ0v) is 12.5. The number of nitrogens with zero attached hydrogens (tertiary/aromatic N) is 1. The van der Waals surface area contributed by atoms with Gasteiger partial charge in [0.05, 0.1) is 14.2 Å². The zero-order valence-electron chi connectivity index (χ0n) is 11.7. The van der Waals surface area contributed by atoms with Gasteiger partial charge in [-0.2, -0.15) is 11.8 Å². The average Bonchev–Trinajstić information content (AvgIpc) is 2.47. The van der Waals surface area contributed by atoms with Crippen molar-refractivity contribution >= 4 is 17.7 Å². The number of hydrogen-bond donors (Lipinski definition) is 1. The number of carbonyl (C=O) groups is 1. The number of carboxylic acids is 1. The molecule has 1 unspecified atom stereocenters. The number of carboxylic acid groups (broad SMARTS) is 1. The van der Waals surface area contributed by atoms with Gasteiger partial charge in [0.1, 0.15) is 6.04 Å². The topological polar surface area (TPSA) is 59.0 Å². The van der Waals surface area contributed by atoms with Crippen LogP contribution in [-0.2, 0) is 11.3 Å². The fourth-order valence-electron chi connectivity index (χ4n) is 2.27. The Labute approximate surface area is 122 Å². The minimum atomic E-state index is -0.752. The SMILES string of the molecule is COc1ccc(CN2CCSCC2C(=O)O)cc1OC. The molecule has 0 bridgehead atoms. The number of aliphatic carboxylic acids is 1. The molecule has 1 aromatic carbocycles. The van der Waals surface area contributed by atoms with Crippen molar-refractivity contribution in [1.29, 1.82) is 0 Å². The Morgan fingerprint density at radius 2 is 2.15 bits per heavy atom. The Morgan fingerprint density at radius 1 is 1.40 bits per heavy atom. The van der Waals surface area contributed by atoms with E-state index in [4.69, 9.17) is 9.47 Å². The molecule has 6 heteroatoms. The summed E-state index contributed by atoms with van der Waals surface area (Å²) in [6.45, 7) is 1.40. The highest BCUT2D eigenvalue weighted by molar-refractivity contribution is 7.99. The molecule has 0 saturated carbocycles. The molecular formula is C14H19NO4S. The van der Waals surface area contributed by atoms with E-state index in [-0.39, 0.29) is 0 Å². The molecule has 5 nitrogen and oxygen atoms in total. The highest BCUT2D eigenvalue weighted by Gasteiger charge is 2.28. The van der Waals surface area contributed by atoms with E-state index in [0.717, 1.165) is 17.9 Å². The number of ether oxygens (including phenoxy) is 2. The molecule has 1 atom stereocenters. The summed E-state index contributed by atoms with van der Waals surface area (Å²) < 4.78 is 10.5. The van der Waals surface area contributed by atoms with Crippen LogP contribution in [0.5, 0.6) is 11.5 Å². The molecule has 0 amide bonds. The molecule has 110 valence electrons. The molecule has 1 aliphatic heterocycles. The summed E-state index contributed by atoms with van der Waals surface area (Å²) in [7, 11) is 3.19. The second-order valence-corrected chi connectivity index (χ2v) is 5.74. The Balaban J connectivity index is 2.13. The molecule has 1 fully saturated rings. The summed E-state index contributed by atoms with van der Waals surface area (Å²) in [6.07, 6.45) is 0. The summed E-state index contributed by atoms with van der Waals surface area (Å²) >= 11 is 1.69. The Morgan fingerprint density at radius 3 is 2.80 bits per heavy atom. The van der Waals surface area contributed by atoms with Crippen LogP contribution in [0.2, 0.25) is 0 Å². The van der Waals surface area contributed by atoms with Crippen LogP contribution in [0.4, 0.5) is 0 Å². The standard InChI is InChI=1S/C14H19NO4S/c1-18-12-4-3-10(7-13(12)19-2)8-15-5-6-20-9-11(15)14(16)17/h3-4,7,11H,5-6,8-9H2,1-2H3,(H,16,17). The lowest BCUT2D eigenvalue weighted by Gasteiger charge is -2.32. The first-order chi connectivity index (χ1) is 9.65. The molecule has 20 heavy (non-hydrogen) atoms. The van der Waals surface area contributed by atoms with E-state index in [9.17, 15) is 9.90 Å². The normalized spacial score (nSPS) is 19.6. The Bertz CT molecular complexity index is 480. The van der Waals surface area contributed by atoms with Crippen molar-refractivity contribution in [2.75, 3.05) is 32.3 Å². The summed E-state index contributed by atoms with van der Waals surface area (Å²) in [5, 5.41) is 9.27. The monoisotopic (exact) mass is 297 g/mol. The molecule has 2 rings (SSSR count). The van der Waals surface area contributed by atoms with Gasteiger partial charge in [-0.15, -0.1) is 0 Å². The van der Waals surface area contributed by atoms with Gasteiger partial charge < -0.3 is 14.6 Å². The number of methoxy groups -OCH3 is 2. The number of benzene rings is 1. The molecule has 0 radical (unpaired) electrons. The summed E-state index contributed by atoms with van der Waals surface area (Å²) in [5.74, 6) is 2.21. The van der Waals surface area contributed by atoms with Crippen molar-refractivity contribution in [3.8, 4) is 11.5 Å². The summed E-state index contributed by atoms with van der Waals surface area (Å²) in [6, 6.07) is 5.28. The van der Waals surface area contributed by atoms with Crippen LogP contribution in [0.1, 0.15) is 5.56 Å². The highest BCUT2D eigenvalue weighted by Crippen LogP contribution is 2.29. The lowest BCUT2D eigenvalue weighted by Crippen LogP contribution is -2.46. The van der Waals surface area contributed by atoms with Gasteiger partial charge in [0.2, 0.25) is 0 Å². The van der Waals surface area contributed by atoms with Crippen LogP contribution in [0.15, 0.2) is 18.2 Å². The van der Waals surface area contributed by atoms with Crippen LogP contribution >= 0.6 is 11.8 Å².